The summed E-state index contributed by atoms with van der Waals surface area (Å²) in [7, 11) is 0. The van der Waals surface area contributed by atoms with Crippen LogP contribution < -0.4 is 0 Å². The molecular formula is C25H25F. The second-order valence-corrected chi connectivity index (χ2v) is 7.64. The minimum atomic E-state index is -0.161. The zero-order valence-electron chi connectivity index (χ0n) is 15.3. The third-order valence-electron chi connectivity index (χ3n) is 5.79. The fraction of sp³-hybridized carbons (Fsp3) is 0.280. The highest BCUT2D eigenvalue weighted by Crippen LogP contribution is 2.36. The number of rotatable bonds is 3. The van der Waals surface area contributed by atoms with Gasteiger partial charge in [0.15, 0.2) is 0 Å². The highest BCUT2D eigenvalue weighted by atomic mass is 19.1. The van der Waals surface area contributed by atoms with Gasteiger partial charge >= 0.3 is 0 Å². The fourth-order valence-corrected chi connectivity index (χ4v) is 4.09. The van der Waals surface area contributed by atoms with E-state index in [1.165, 1.54) is 31.2 Å². The molecule has 0 nitrogen and oxygen atoms in total. The molecule has 1 heteroatoms. The van der Waals surface area contributed by atoms with Crippen LogP contribution in [0.3, 0.4) is 0 Å². The van der Waals surface area contributed by atoms with Crippen LogP contribution >= 0.6 is 0 Å². The third-order valence-corrected chi connectivity index (χ3v) is 5.79. The summed E-state index contributed by atoms with van der Waals surface area (Å²) < 4.78 is 14.7. The molecule has 0 unspecified atom stereocenters. The summed E-state index contributed by atoms with van der Waals surface area (Å²) in [6, 6.07) is 24.0. The predicted molar refractivity (Wildman–Crippen MR) is 108 cm³/mol. The summed E-state index contributed by atoms with van der Waals surface area (Å²) in [5, 5.41) is 0. The highest BCUT2D eigenvalue weighted by molar-refractivity contribution is 5.71. The number of hydrogen-bond donors (Lipinski definition) is 0. The van der Waals surface area contributed by atoms with Crippen molar-refractivity contribution >= 4 is 0 Å². The van der Waals surface area contributed by atoms with Crippen molar-refractivity contribution in [3.63, 3.8) is 0 Å². The molecule has 0 saturated heterocycles. The highest BCUT2D eigenvalue weighted by Gasteiger charge is 2.19. The molecule has 0 radical (unpaired) electrons. The number of hydrogen-bond acceptors (Lipinski definition) is 0. The first kappa shape index (κ1) is 17.0. The standard InChI is InChI=1S/C25H25F/c1-18-7-9-20(10-8-18)21-11-13-22(14-12-21)24-16-15-23(17-25(24)26)19-5-3-2-4-6-19/h2-6,11-18,20H,7-10H2,1H3. The Balaban J connectivity index is 1.56. The molecule has 3 aromatic carbocycles. The quantitative estimate of drug-likeness (QED) is 0.463. The Labute approximate surface area is 155 Å². The van der Waals surface area contributed by atoms with Crippen molar-refractivity contribution in [2.75, 3.05) is 0 Å². The summed E-state index contributed by atoms with van der Waals surface area (Å²) in [5.41, 5.74) is 4.99. The first-order chi connectivity index (χ1) is 12.7. The minimum Gasteiger partial charge on any atom is -0.206 e. The van der Waals surface area contributed by atoms with Crippen molar-refractivity contribution in [2.24, 2.45) is 5.92 Å². The maximum Gasteiger partial charge on any atom is 0.131 e. The molecule has 1 fully saturated rings. The molecule has 1 saturated carbocycles. The summed E-state index contributed by atoms with van der Waals surface area (Å²) >= 11 is 0. The van der Waals surface area contributed by atoms with Crippen molar-refractivity contribution in [3.05, 3.63) is 84.2 Å². The van der Waals surface area contributed by atoms with E-state index in [4.69, 9.17) is 0 Å². The van der Waals surface area contributed by atoms with Crippen LogP contribution in [-0.4, -0.2) is 0 Å². The first-order valence-electron chi connectivity index (χ1n) is 9.66. The van der Waals surface area contributed by atoms with Crippen LogP contribution in [0, 0.1) is 11.7 Å². The van der Waals surface area contributed by atoms with Crippen molar-refractivity contribution in [1.82, 2.24) is 0 Å². The van der Waals surface area contributed by atoms with Gasteiger partial charge in [-0.3, -0.25) is 0 Å². The molecule has 1 aliphatic rings. The molecule has 4 rings (SSSR count). The van der Waals surface area contributed by atoms with Gasteiger partial charge in [-0.25, -0.2) is 4.39 Å². The van der Waals surface area contributed by atoms with E-state index in [0.29, 0.717) is 11.5 Å². The Morgan fingerprint density at radius 1 is 0.692 bits per heavy atom. The lowest BCUT2D eigenvalue weighted by atomic mass is 9.79. The molecule has 0 aromatic heterocycles. The fourth-order valence-electron chi connectivity index (χ4n) is 4.09. The topological polar surface area (TPSA) is 0 Å². The van der Waals surface area contributed by atoms with Crippen LogP contribution in [0.15, 0.2) is 72.8 Å². The van der Waals surface area contributed by atoms with Crippen LogP contribution in [0.5, 0.6) is 0 Å². The minimum absolute atomic E-state index is 0.161. The van der Waals surface area contributed by atoms with Gasteiger partial charge in [0.05, 0.1) is 0 Å². The lowest BCUT2D eigenvalue weighted by Crippen LogP contribution is -2.10. The van der Waals surface area contributed by atoms with Gasteiger partial charge in [0.1, 0.15) is 5.82 Å². The van der Waals surface area contributed by atoms with E-state index >= 15 is 0 Å². The Morgan fingerprint density at radius 2 is 1.35 bits per heavy atom. The number of halogens is 1. The normalized spacial score (nSPS) is 20.1. The smallest absolute Gasteiger partial charge is 0.131 e. The molecule has 0 bridgehead atoms. The van der Waals surface area contributed by atoms with E-state index in [9.17, 15) is 4.39 Å². The maximum absolute atomic E-state index is 14.7. The number of benzene rings is 3. The molecule has 0 spiro atoms. The van der Waals surface area contributed by atoms with Gasteiger partial charge in [-0.2, -0.15) is 0 Å². The second kappa shape index (κ2) is 7.45. The summed E-state index contributed by atoms with van der Waals surface area (Å²) in [4.78, 5) is 0. The zero-order chi connectivity index (χ0) is 17.9. The maximum atomic E-state index is 14.7. The molecule has 0 heterocycles. The van der Waals surface area contributed by atoms with Gasteiger partial charge in [0, 0.05) is 5.56 Å². The van der Waals surface area contributed by atoms with Crippen LogP contribution in [0.1, 0.15) is 44.1 Å². The molecule has 0 atom stereocenters. The van der Waals surface area contributed by atoms with Crippen molar-refractivity contribution in [3.8, 4) is 22.3 Å². The van der Waals surface area contributed by atoms with Crippen molar-refractivity contribution < 1.29 is 4.39 Å². The Bertz CT molecular complexity index is 856. The van der Waals surface area contributed by atoms with E-state index in [2.05, 4.69) is 31.2 Å². The molecule has 26 heavy (non-hydrogen) atoms. The molecule has 1 aliphatic carbocycles. The summed E-state index contributed by atoms with van der Waals surface area (Å²) in [6.45, 7) is 2.35. The van der Waals surface area contributed by atoms with Gasteiger partial charge in [-0.05, 0) is 53.0 Å². The SMILES string of the molecule is CC1CCC(c2ccc(-c3ccc(-c4ccccc4)cc3F)cc2)CC1. The van der Waals surface area contributed by atoms with Gasteiger partial charge < -0.3 is 0 Å². The Kier molecular flexibility index (Phi) is 4.88. The average Bonchev–Trinajstić information content (AvgIpc) is 2.69. The van der Waals surface area contributed by atoms with E-state index in [1.807, 2.05) is 42.5 Å². The first-order valence-corrected chi connectivity index (χ1v) is 9.66. The lowest BCUT2D eigenvalue weighted by Gasteiger charge is -2.26. The molecule has 0 N–H and O–H groups in total. The van der Waals surface area contributed by atoms with Crippen LogP contribution in [0.25, 0.3) is 22.3 Å². The van der Waals surface area contributed by atoms with Crippen LogP contribution in [-0.2, 0) is 0 Å². The Morgan fingerprint density at radius 3 is 2.00 bits per heavy atom. The molecule has 3 aromatic rings. The summed E-state index contributed by atoms with van der Waals surface area (Å²) in [5.74, 6) is 1.37. The van der Waals surface area contributed by atoms with Crippen molar-refractivity contribution in [2.45, 2.75) is 38.5 Å². The molecule has 132 valence electrons. The largest absolute Gasteiger partial charge is 0.206 e. The van der Waals surface area contributed by atoms with E-state index in [0.717, 1.165) is 22.6 Å². The van der Waals surface area contributed by atoms with Crippen molar-refractivity contribution in [1.29, 1.82) is 0 Å². The van der Waals surface area contributed by atoms with Crippen LogP contribution in [0.4, 0.5) is 4.39 Å². The molecule has 0 aliphatic heterocycles. The zero-order valence-corrected chi connectivity index (χ0v) is 15.3. The summed E-state index contributed by atoms with van der Waals surface area (Å²) in [6.07, 6.45) is 5.20. The molecular weight excluding hydrogens is 319 g/mol. The average molecular weight is 344 g/mol. The monoisotopic (exact) mass is 344 g/mol. The van der Waals surface area contributed by atoms with E-state index in [-0.39, 0.29) is 5.82 Å². The van der Waals surface area contributed by atoms with E-state index in [1.54, 1.807) is 6.07 Å². The van der Waals surface area contributed by atoms with Gasteiger partial charge in [-0.15, -0.1) is 0 Å². The van der Waals surface area contributed by atoms with Gasteiger partial charge in [0.2, 0.25) is 0 Å². The lowest BCUT2D eigenvalue weighted by molar-refractivity contribution is 0.348. The Hall–Kier alpha value is -2.41. The van der Waals surface area contributed by atoms with Gasteiger partial charge in [-0.1, -0.05) is 86.5 Å². The third kappa shape index (κ3) is 3.58. The van der Waals surface area contributed by atoms with Gasteiger partial charge in [0.25, 0.3) is 0 Å². The molecule has 0 amide bonds. The van der Waals surface area contributed by atoms with E-state index < -0.39 is 0 Å². The predicted octanol–water partition coefficient (Wildman–Crippen LogP) is 7.45. The second-order valence-electron chi connectivity index (χ2n) is 7.64. The van der Waals surface area contributed by atoms with Crippen LogP contribution in [0.2, 0.25) is 0 Å².